The zero-order chi connectivity index (χ0) is 17.1. The Hall–Kier alpha value is -3.29. The summed E-state index contributed by atoms with van der Waals surface area (Å²) in [4.78, 5) is 24.9. The van der Waals surface area contributed by atoms with E-state index in [9.17, 15) is 9.90 Å². The first-order valence-corrected chi connectivity index (χ1v) is 7.16. The first kappa shape index (κ1) is 15.6. The molecule has 1 aliphatic rings. The number of nitrogens with one attached hydrogen (secondary N) is 1. The van der Waals surface area contributed by atoms with Crippen molar-refractivity contribution in [3.63, 3.8) is 0 Å². The van der Waals surface area contributed by atoms with Crippen LogP contribution in [-0.4, -0.2) is 40.3 Å². The Morgan fingerprint density at radius 2 is 2.04 bits per heavy atom. The molecule has 0 spiro atoms. The molecular formula is C16H16N4O4. The summed E-state index contributed by atoms with van der Waals surface area (Å²) in [5, 5.41) is 10.1. The zero-order valence-electron chi connectivity index (χ0n) is 13.1. The lowest BCUT2D eigenvalue weighted by molar-refractivity contribution is 0.318. The zero-order valence-corrected chi connectivity index (χ0v) is 13.1. The summed E-state index contributed by atoms with van der Waals surface area (Å²) in [6, 6.07) is 6.79. The highest BCUT2D eigenvalue weighted by Gasteiger charge is 2.22. The summed E-state index contributed by atoms with van der Waals surface area (Å²) in [6.07, 6.45) is 4.62. The van der Waals surface area contributed by atoms with E-state index in [0.717, 1.165) is 0 Å². The lowest BCUT2D eigenvalue weighted by Gasteiger charge is -2.24. The lowest BCUT2D eigenvalue weighted by atomic mass is 10.3. The highest BCUT2D eigenvalue weighted by molar-refractivity contribution is 5.71. The average Bonchev–Trinajstić information content (AvgIpc) is 2.58. The van der Waals surface area contributed by atoms with Gasteiger partial charge in [0, 0.05) is 19.5 Å². The molecule has 2 N–H and O–H groups in total. The van der Waals surface area contributed by atoms with Crippen LogP contribution in [0.3, 0.4) is 0 Å². The molecule has 24 heavy (non-hydrogen) atoms. The fourth-order valence-electron chi connectivity index (χ4n) is 2.25. The van der Waals surface area contributed by atoms with Gasteiger partial charge < -0.3 is 24.5 Å². The summed E-state index contributed by atoms with van der Waals surface area (Å²) < 4.78 is 10.6. The topological polar surface area (TPSA) is 100 Å². The van der Waals surface area contributed by atoms with Gasteiger partial charge in [-0.05, 0) is 18.2 Å². The number of hydrogen-bond acceptors (Lipinski definition) is 7. The number of ether oxygens (including phenoxy) is 2. The molecule has 1 aromatic heterocycles. The Morgan fingerprint density at radius 3 is 2.71 bits per heavy atom. The van der Waals surface area contributed by atoms with E-state index in [4.69, 9.17) is 9.47 Å². The third-order valence-electron chi connectivity index (χ3n) is 3.42. The van der Waals surface area contributed by atoms with Crippen molar-refractivity contribution in [2.75, 3.05) is 14.2 Å². The van der Waals surface area contributed by atoms with Gasteiger partial charge in [0.15, 0.2) is 23.5 Å². The Bertz CT molecular complexity index is 859. The van der Waals surface area contributed by atoms with E-state index in [-0.39, 0.29) is 11.6 Å². The number of H-pyrrole nitrogens is 1. The van der Waals surface area contributed by atoms with Gasteiger partial charge in [0.1, 0.15) is 0 Å². The van der Waals surface area contributed by atoms with Crippen LogP contribution in [0.2, 0.25) is 0 Å². The minimum absolute atomic E-state index is 0.216. The van der Waals surface area contributed by atoms with E-state index in [0.29, 0.717) is 11.5 Å². The number of aromatic nitrogens is 2. The quantitative estimate of drug-likeness (QED) is 0.888. The predicted octanol–water partition coefficient (Wildman–Crippen LogP) is 1.80. The van der Waals surface area contributed by atoms with Gasteiger partial charge in [-0.15, -0.1) is 0 Å². The largest absolute Gasteiger partial charge is 0.493 e. The molecule has 0 radical (unpaired) electrons. The van der Waals surface area contributed by atoms with Crippen molar-refractivity contribution in [1.82, 2.24) is 14.9 Å². The molecule has 0 saturated heterocycles. The van der Waals surface area contributed by atoms with E-state index in [1.807, 2.05) is 0 Å². The number of aromatic hydroxyl groups is 1. The van der Waals surface area contributed by atoms with Gasteiger partial charge >= 0.3 is 0 Å². The van der Waals surface area contributed by atoms with Crippen molar-refractivity contribution in [2.24, 2.45) is 4.99 Å². The summed E-state index contributed by atoms with van der Waals surface area (Å²) in [5.41, 5.74) is -0.610. The van der Waals surface area contributed by atoms with Crippen LogP contribution in [0.4, 0.5) is 0 Å². The van der Waals surface area contributed by atoms with Crippen molar-refractivity contribution in [3.8, 4) is 23.1 Å². The average molecular weight is 328 g/mol. The van der Waals surface area contributed by atoms with Crippen LogP contribution in [0.25, 0.3) is 0 Å². The Kier molecular flexibility index (Phi) is 4.19. The fraction of sp³-hybridized carbons (Fsp3) is 0.188. The normalized spacial score (nSPS) is 16.2. The van der Waals surface area contributed by atoms with E-state index in [2.05, 4.69) is 15.0 Å². The van der Waals surface area contributed by atoms with Crippen LogP contribution in [0.15, 0.2) is 46.3 Å². The van der Waals surface area contributed by atoms with Gasteiger partial charge in [-0.25, -0.2) is 0 Å². The maximum absolute atomic E-state index is 12.3. The Morgan fingerprint density at radius 1 is 1.29 bits per heavy atom. The van der Waals surface area contributed by atoms with Crippen LogP contribution < -0.4 is 15.0 Å². The molecule has 124 valence electrons. The summed E-state index contributed by atoms with van der Waals surface area (Å²) >= 11 is 0. The molecule has 2 heterocycles. The van der Waals surface area contributed by atoms with Gasteiger partial charge in [-0.3, -0.25) is 9.79 Å². The van der Waals surface area contributed by atoms with Crippen LogP contribution in [-0.2, 0) is 0 Å². The molecule has 2 aromatic rings. The SMILES string of the molecule is COc1ccccc1Oc1c(O)nc([C@H]2N=CC=CN2C)[nH]c1=O. The van der Waals surface area contributed by atoms with Crippen molar-refractivity contribution in [2.45, 2.75) is 6.17 Å². The first-order chi connectivity index (χ1) is 11.6. The van der Waals surface area contributed by atoms with Crippen molar-refractivity contribution in [1.29, 1.82) is 0 Å². The molecule has 8 heteroatoms. The molecule has 8 nitrogen and oxygen atoms in total. The molecule has 3 rings (SSSR count). The number of hydrogen-bond donors (Lipinski definition) is 2. The van der Waals surface area contributed by atoms with Gasteiger partial charge in [0.05, 0.1) is 7.11 Å². The van der Waals surface area contributed by atoms with Gasteiger partial charge in [0.25, 0.3) is 17.2 Å². The minimum Gasteiger partial charge on any atom is -0.493 e. The molecular weight excluding hydrogens is 312 g/mol. The van der Waals surface area contributed by atoms with Crippen molar-refractivity contribution < 1.29 is 14.6 Å². The molecule has 1 atom stereocenters. The maximum Gasteiger partial charge on any atom is 0.298 e. The lowest BCUT2D eigenvalue weighted by Crippen LogP contribution is -2.25. The Labute approximate surface area is 137 Å². The number of aromatic amines is 1. The van der Waals surface area contributed by atoms with E-state index in [1.165, 1.54) is 7.11 Å². The van der Waals surface area contributed by atoms with E-state index in [1.54, 1.807) is 54.7 Å². The number of methoxy groups -OCH3 is 1. The van der Waals surface area contributed by atoms with Gasteiger partial charge in [-0.2, -0.15) is 4.98 Å². The number of benzene rings is 1. The fourth-order valence-corrected chi connectivity index (χ4v) is 2.25. The third kappa shape index (κ3) is 2.94. The molecule has 0 fully saturated rings. The first-order valence-electron chi connectivity index (χ1n) is 7.16. The molecule has 0 amide bonds. The highest BCUT2D eigenvalue weighted by atomic mass is 16.5. The van der Waals surface area contributed by atoms with E-state index < -0.39 is 17.6 Å². The molecule has 0 bridgehead atoms. The second-order valence-electron chi connectivity index (χ2n) is 5.04. The molecule has 1 aliphatic heterocycles. The number of allylic oxidation sites excluding steroid dienone is 1. The number of rotatable bonds is 4. The number of para-hydroxylation sites is 2. The second-order valence-corrected chi connectivity index (χ2v) is 5.04. The van der Waals surface area contributed by atoms with Crippen LogP contribution >= 0.6 is 0 Å². The van der Waals surface area contributed by atoms with Crippen LogP contribution in [0.1, 0.15) is 12.0 Å². The van der Waals surface area contributed by atoms with Gasteiger partial charge in [0.2, 0.25) is 0 Å². The maximum atomic E-state index is 12.3. The third-order valence-corrected chi connectivity index (χ3v) is 3.42. The molecule has 0 unspecified atom stereocenters. The second kappa shape index (κ2) is 6.45. The molecule has 1 aromatic carbocycles. The van der Waals surface area contributed by atoms with E-state index >= 15 is 0 Å². The van der Waals surface area contributed by atoms with Crippen molar-refractivity contribution >= 4 is 6.21 Å². The number of nitrogens with zero attached hydrogens (tertiary/aromatic N) is 3. The summed E-state index contributed by atoms with van der Waals surface area (Å²) in [5.74, 6) is 0.125. The highest BCUT2D eigenvalue weighted by Crippen LogP contribution is 2.33. The van der Waals surface area contributed by atoms with Crippen molar-refractivity contribution in [3.05, 3.63) is 52.7 Å². The predicted molar refractivity (Wildman–Crippen MR) is 87.7 cm³/mol. The summed E-state index contributed by atoms with van der Waals surface area (Å²) in [6.45, 7) is 0. The standard InChI is InChI=1S/C16H16N4O4/c1-20-9-5-8-17-14(20)13-18-15(21)12(16(22)19-13)24-11-7-4-3-6-10(11)23-2/h3-9,14H,1-2H3,(H2,18,19,21,22)/t14-/m0/s1. The number of aliphatic imine (C=N–C) groups is 1. The molecule has 0 saturated carbocycles. The smallest absolute Gasteiger partial charge is 0.298 e. The monoisotopic (exact) mass is 328 g/mol. The van der Waals surface area contributed by atoms with Crippen LogP contribution in [0.5, 0.6) is 23.1 Å². The summed E-state index contributed by atoms with van der Waals surface area (Å²) in [7, 11) is 3.27. The van der Waals surface area contributed by atoms with Crippen LogP contribution in [0, 0.1) is 0 Å². The Balaban J connectivity index is 1.95. The minimum atomic E-state index is -0.610. The van der Waals surface area contributed by atoms with Gasteiger partial charge in [-0.1, -0.05) is 12.1 Å². The molecule has 0 aliphatic carbocycles.